The summed E-state index contributed by atoms with van der Waals surface area (Å²) in [5, 5.41) is 9.15. The van der Waals surface area contributed by atoms with Crippen LogP contribution in [0.4, 0.5) is 8.78 Å². The van der Waals surface area contributed by atoms with Crippen LogP contribution in [0.25, 0.3) is 11.9 Å². The summed E-state index contributed by atoms with van der Waals surface area (Å²) in [7, 11) is 0. The van der Waals surface area contributed by atoms with Gasteiger partial charge in [-0.1, -0.05) is 17.8 Å². The third kappa shape index (κ3) is 3.66. The second-order valence-electron chi connectivity index (χ2n) is 9.12. The topological polar surface area (TPSA) is 95.4 Å². The summed E-state index contributed by atoms with van der Waals surface area (Å²) in [4.78, 5) is 23.8. The van der Waals surface area contributed by atoms with Crippen LogP contribution in [0.2, 0.25) is 0 Å². The highest BCUT2D eigenvalue weighted by Crippen LogP contribution is 2.66. The number of nitrogens with zero attached hydrogens (tertiary/aromatic N) is 4. The molecule has 6 nitrogen and oxygen atoms in total. The summed E-state index contributed by atoms with van der Waals surface area (Å²) in [6.07, 6.45) is 5.10. The molecule has 1 saturated carbocycles. The van der Waals surface area contributed by atoms with Crippen molar-refractivity contribution in [2.24, 2.45) is 16.6 Å². The molecule has 2 aliphatic heterocycles. The molecule has 0 spiro atoms. The molecule has 9 heteroatoms. The fourth-order valence-corrected chi connectivity index (χ4v) is 6.53. The average molecular weight is 480 g/mol. The van der Waals surface area contributed by atoms with Crippen molar-refractivity contribution in [3.05, 3.63) is 64.7 Å². The molecule has 0 radical (unpaired) electrons. The van der Waals surface area contributed by atoms with Crippen LogP contribution in [-0.2, 0) is 10.3 Å². The fraction of sp³-hybridized carbons (Fsp3) is 0.360. The molecule has 1 saturated heterocycles. The standard InChI is InChI=1S/C25H23F2N5OS/c1-24(21-12-25(21,34-23(29)31-24)22(33)32-8-2-3-9-32)17-10-15(4-6-18(17)26)11-19(27)20-7-5-16(13-28)14-30-20/h4-7,10-11,14,21H,2-3,8-9,12H2,1H3,(H2,29,31)/b19-11-/t21-,24+,25-/m0/s1. The van der Waals surface area contributed by atoms with Crippen LogP contribution in [0.1, 0.15) is 48.6 Å². The summed E-state index contributed by atoms with van der Waals surface area (Å²) in [5.74, 6) is -1.24. The van der Waals surface area contributed by atoms with E-state index >= 15 is 4.39 Å². The lowest BCUT2D eigenvalue weighted by molar-refractivity contribution is -0.130. The number of aliphatic imine (C=N–C) groups is 1. The quantitative estimate of drug-likeness (QED) is 0.709. The van der Waals surface area contributed by atoms with Gasteiger partial charge in [-0.25, -0.2) is 8.78 Å². The first-order chi connectivity index (χ1) is 16.3. The Morgan fingerprint density at radius 2 is 2.09 bits per heavy atom. The lowest BCUT2D eigenvalue weighted by atomic mass is 9.84. The van der Waals surface area contributed by atoms with Gasteiger partial charge in [-0.15, -0.1) is 0 Å². The molecule has 2 aromatic rings. The van der Waals surface area contributed by atoms with Gasteiger partial charge in [0.05, 0.1) is 16.8 Å². The normalized spacial score (nSPS) is 28.2. The number of carbonyl (C=O) groups excluding carboxylic acids is 1. The minimum absolute atomic E-state index is 0.0541. The Hall–Kier alpha value is -3.25. The Kier molecular flexibility index (Phi) is 5.44. The van der Waals surface area contributed by atoms with Gasteiger partial charge in [0, 0.05) is 30.8 Å². The number of carbonyl (C=O) groups is 1. The second kappa shape index (κ2) is 8.20. The minimum Gasteiger partial charge on any atom is -0.378 e. The van der Waals surface area contributed by atoms with Crippen molar-refractivity contribution in [2.45, 2.75) is 36.5 Å². The van der Waals surface area contributed by atoms with Gasteiger partial charge in [0.25, 0.3) is 0 Å². The summed E-state index contributed by atoms with van der Waals surface area (Å²) < 4.78 is 29.2. The molecule has 1 aliphatic carbocycles. The van der Waals surface area contributed by atoms with E-state index in [2.05, 4.69) is 9.98 Å². The van der Waals surface area contributed by atoms with Gasteiger partial charge in [-0.2, -0.15) is 5.26 Å². The van der Waals surface area contributed by atoms with E-state index in [0.717, 1.165) is 25.9 Å². The van der Waals surface area contributed by atoms with Crippen LogP contribution in [0.5, 0.6) is 0 Å². The van der Waals surface area contributed by atoms with Gasteiger partial charge in [0.1, 0.15) is 22.5 Å². The van der Waals surface area contributed by atoms with Gasteiger partial charge in [-0.05, 0) is 62.1 Å². The first-order valence-corrected chi connectivity index (χ1v) is 12.0. The molecular weight excluding hydrogens is 456 g/mol. The van der Waals surface area contributed by atoms with E-state index in [1.165, 1.54) is 48.3 Å². The zero-order chi connectivity index (χ0) is 24.1. The van der Waals surface area contributed by atoms with Crippen molar-refractivity contribution in [1.29, 1.82) is 5.26 Å². The van der Waals surface area contributed by atoms with E-state index in [1.54, 1.807) is 13.0 Å². The third-order valence-corrected chi connectivity index (χ3v) is 8.23. The van der Waals surface area contributed by atoms with E-state index in [0.29, 0.717) is 17.5 Å². The number of likely N-dealkylation sites (tertiary alicyclic amines) is 1. The molecule has 0 bridgehead atoms. The van der Waals surface area contributed by atoms with Gasteiger partial charge >= 0.3 is 0 Å². The molecule has 2 N–H and O–H groups in total. The van der Waals surface area contributed by atoms with E-state index in [9.17, 15) is 9.18 Å². The zero-order valence-electron chi connectivity index (χ0n) is 18.6. The third-order valence-electron chi connectivity index (χ3n) is 6.94. The summed E-state index contributed by atoms with van der Waals surface area (Å²) >= 11 is 1.29. The number of aromatic nitrogens is 1. The highest BCUT2D eigenvalue weighted by atomic mass is 32.2. The number of amidine groups is 1. The predicted octanol–water partition coefficient (Wildman–Crippen LogP) is 4.22. The fourth-order valence-electron chi connectivity index (χ4n) is 5.08. The van der Waals surface area contributed by atoms with Crippen LogP contribution >= 0.6 is 11.8 Å². The molecular formula is C25H23F2N5OS. The Morgan fingerprint density at radius 3 is 2.76 bits per heavy atom. The van der Waals surface area contributed by atoms with E-state index in [1.807, 2.05) is 11.0 Å². The maximum absolute atomic E-state index is 15.1. The van der Waals surface area contributed by atoms with Crippen molar-refractivity contribution in [2.75, 3.05) is 13.1 Å². The van der Waals surface area contributed by atoms with Gasteiger partial charge in [0.15, 0.2) is 5.17 Å². The molecule has 2 fully saturated rings. The number of nitrogens with two attached hydrogens (primary N) is 1. The van der Waals surface area contributed by atoms with Crippen LogP contribution in [0, 0.1) is 23.1 Å². The van der Waals surface area contributed by atoms with Crippen LogP contribution in [0.3, 0.4) is 0 Å². The van der Waals surface area contributed by atoms with Gasteiger partial charge in [0.2, 0.25) is 5.91 Å². The van der Waals surface area contributed by atoms with Crippen LogP contribution < -0.4 is 5.73 Å². The molecule has 3 aliphatic rings. The van der Waals surface area contributed by atoms with Crippen molar-refractivity contribution in [3.8, 4) is 6.07 Å². The van der Waals surface area contributed by atoms with Crippen molar-refractivity contribution < 1.29 is 13.6 Å². The van der Waals surface area contributed by atoms with Crippen LogP contribution in [-0.4, -0.2) is 38.8 Å². The number of benzene rings is 1. The molecule has 3 atom stereocenters. The lowest BCUT2D eigenvalue weighted by Gasteiger charge is -2.35. The molecule has 3 heterocycles. The van der Waals surface area contributed by atoms with E-state index in [-0.39, 0.29) is 28.3 Å². The number of hydrogen-bond donors (Lipinski definition) is 1. The Balaban J connectivity index is 1.48. The average Bonchev–Trinajstić information content (AvgIpc) is 3.33. The molecule has 1 aromatic heterocycles. The zero-order valence-corrected chi connectivity index (χ0v) is 19.4. The number of thioether (sulfide) groups is 1. The first kappa shape index (κ1) is 22.5. The number of rotatable bonds is 4. The molecule has 1 aromatic carbocycles. The lowest BCUT2D eigenvalue weighted by Crippen LogP contribution is -2.45. The highest BCUT2D eigenvalue weighted by molar-refractivity contribution is 8.15. The number of hydrogen-bond acceptors (Lipinski definition) is 6. The monoisotopic (exact) mass is 479 g/mol. The summed E-state index contributed by atoms with van der Waals surface area (Å²) in [6, 6.07) is 9.16. The van der Waals surface area contributed by atoms with Crippen molar-refractivity contribution in [1.82, 2.24) is 9.88 Å². The maximum Gasteiger partial charge on any atom is 0.239 e. The molecule has 0 unspecified atom stereocenters. The number of fused-ring (bicyclic) bond motifs is 1. The summed E-state index contributed by atoms with van der Waals surface area (Å²) in [6.45, 7) is 3.27. The van der Waals surface area contributed by atoms with Crippen molar-refractivity contribution in [3.63, 3.8) is 0 Å². The smallest absolute Gasteiger partial charge is 0.239 e. The van der Waals surface area contributed by atoms with Crippen LogP contribution in [0.15, 0.2) is 41.5 Å². The molecule has 5 rings (SSSR count). The largest absolute Gasteiger partial charge is 0.378 e. The van der Waals surface area contributed by atoms with Gasteiger partial charge in [-0.3, -0.25) is 14.8 Å². The minimum atomic E-state index is -1.04. The number of nitriles is 1. The number of amides is 1. The molecule has 1 amide bonds. The number of halogens is 2. The Morgan fingerprint density at radius 1 is 1.32 bits per heavy atom. The maximum atomic E-state index is 15.1. The summed E-state index contributed by atoms with van der Waals surface area (Å²) in [5.41, 5.74) is 6.25. The SMILES string of the molecule is C[C@]1(c2cc(/C=C(\F)c3ccc(C#N)cn3)ccc2F)N=C(N)S[C@@]2(C(=O)N3CCCC3)C[C@H]21. The second-order valence-corrected chi connectivity index (χ2v) is 10.5. The Bertz CT molecular complexity index is 1270. The first-order valence-electron chi connectivity index (χ1n) is 11.1. The number of pyridine rings is 1. The Labute approximate surface area is 200 Å². The van der Waals surface area contributed by atoms with E-state index < -0.39 is 21.9 Å². The van der Waals surface area contributed by atoms with E-state index in [4.69, 9.17) is 11.0 Å². The molecule has 34 heavy (non-hydrogen) atoms. The predicted molar refractivity (Wildman–Crippen MR) is 128 cm³/mol. The van der Waals surface area contributed by atoms with Gasteiger partial charge < -0.3 is 10.6 Å². The molecule has 174 valence electrons. The highest BCUT2D eigenvalue weighted by Gasteiger charge is 2.71. The van der Waals surface area contributed by atoms with Crippen molar-refractivity contribution >= 4 is 34.7 Å².